The second-order valence-corrected chi connectivity index (χ2v) is 6.09. The van der Waals surface area contributed by atoms with Crippen LogP contribution >= 0.6 is 11.3 Å². The number of hydrogen-bond acceptors (Lipinski definition) is 5. The van der Waals surface area contributed by atoms with Gasteiger partial charge in [0, 0.05) is 34.8 Å². The first-order valence-corrected chi connectivity index (χ1v) is 8.41. The molecule has 0 radical (unpaired) electrons. The van der Waals surface area contributed by atoms with Crippen molar-refractivity contribution >= 4 is 45.3 Å². The number of benzene rings is 1. The number of para-hydroxylation sites is 1. The van der Waals surface area contributed by atoms with E-state index in [0.29, 0.717) is 5.13 Å². The monoisotopic (exact) mass is 356 g/mol. The Morgan fingerprint density at radius 1 is 1.36 bits per heavy atom. The Balaban J connectivity index is 1.63. The maximum Gasteiger partial charge on any atom is 0.251 e. The van der Waals surface area contributed by atoms with E-state index in [-0.39, 0.29) is 0 Å². The summed E-state index contributed by atoms with van der Waals surface area (Å²) in [6.07, 6.45) is 6.33. The van der Waals surface area contributed by atoms with E-state index in [2.05, 4.69) is 20.6 Å². The van der Waals surface area contributed by atoms with Crippen molar-refractivity contribution in [1.82, 2.24) is 15.3 Å². The van der Waals surface area contributed by atoms with E-state index < -0.39 is 24.5 Å². The SMILES string of the molecule is O=C(C=Cc1c[nH]c2ccccc12)NC(CO)C(=O)Nc1nccs1. The Morgan fingerprint density at radius 2 is 2.20 bits per heavy atom. The molecule has 0 saturated carbocycles. The lowest BCUT2D eigenvalue weighted by atomic mass is 10.1. The minimum absolute atomic E-state index is 0.409. The molecule has 128 valence electrons. The van der Waals surface area contributed by atoms with Crippen LogP contribution in [0.15, 0.2) is 48.1 Å². The summed E-state index contributed by atoms with van der Waals surface area (Å²) >= 11 is 1.25. The molecular formula is C17H16N4O3S. The molecule has 2 heterocycles. The molecule has 0 aliphatic carbocycles. The fraction of sp³-hybridized carbons (Fsp3) is 0.118. The standard InChI is InChI=1S/C17H16N4O3S/c22-10-14(16(24)21-17-18-7-8-25-17)20-15(23)6-5-11-9-19-13-4-2-1-3-12(11)13/h1-9,14,19,22H,10H2,(H,20,23)(H,18,21,24). The van der Waals surface area contributed by atoms with Gasteiger partial charge in [0.2, 0.25) is 5.91 Å². The number of nitrogens with one attached hydrogen (secondary N) is 3. The van der Waals surface area contributed by atoms with Gasteiger partial charge < -0.3 is 20.7 Å². The zero-order chi connectivity index (χ0) is 17.6. The quantitative estimate of drug-likeness (QED) is 0.505. The number of rotatable bonds is 6. The number of nitrogens with zero attached hydrogens (tertiary/aromatic N) is 1. The smallest absolute Gasteiger partial charge is 0.251 e. The Kier molecular flexibility index (Phi) is 5.22. The molecular weight excluding hydrogens is 340 g/mol. The summed E-state index contributed by atoms with van der Waals surface area (Å²) in [6.45, 7) is -0.510. The maximum atomic E-state index is 12.0. The number of aliphatic hydroxyl groups excluding tert-OH is 1. The average molecular weight is 356 g/mol. The van der Waals surface area contributed by atoms with E-state index in [1.807, 2.05) is 24.3 Å². The summed E-state index contributed by atoms with van der Waals surface area (Å²) in [7, 11) is 0. The van der Waals surface area contributed by atoms with Crippen LogP contribution in [0.1, 0.15) is 5.56 Å². The minimum Gasteiger partial charge on any atom is -0.394 e. The normalized spacial score (nSPS) is 12.4. The molecule has 0 aliphatic heterocycles. The number of thiazole rings is 1. The summed E-state index contributed by atoms with van der Waals surface area (Å²) in [5.41, 5.74) is 1.83. The van der Waals surface area contributed by atoms with Crippen molar-refractivity contribution in [3.8, 4) is 0 Å². The highest BCUT2D eigenvalue weighted by Gasteiger charge is 2.19. The number of aliphatic hydroxyl groups is 1. The molecule has 25 heavy (non-hydrogen) atoms. The second-order valence-electron chi connectivity index (χ2n) is 5.19. The Morgan fingerprint density at radius 3 is 2.96 bits per heavy atom. The number of aromatic nitrogens is 2. The molecule has 0 aliphatic rings. The average Bonchev–Trinajstić information content (AvgIpc) is 3.27. The lowest BCUT2D eigenvalue weighted by Gasteiger charge is -2.13. The molecule has 7 nitrogen and oxygen atoms in total. The van der Waals surface area contributed by atoms with Gasteiger partial charge in [0.25, 0.3) is 5.91 Å². The molecule has 0 saturated heterocycles. The molecule has 1 atom stereocenters. The lowest BCUT2D eigenvalue weighted by Crippen LogP contribution is -2.45. The van der Waals surface area contributed by atoms with Crippen LogP contribution in [0.4, 0.5) is 5.13 Å². The fourth-order valence-electron chi connectivity index (χ4n) is 2.29. The molecule has 2 amide bonds. The fourth-order valence-corrected chi connectivity index (χ4v) is 2.82. The van der Waals surface area contributed by atoms with Crippen molar-refractivity contribution in [2.24, 2.45) is 0 Å². The van der Waals surface area contributed by atoms with E-state index in [0.717, 1.165) is 16.5 Å². The molecule has 3 rings (SSSR count). The van der Waals surface area contributed by atoms with Gasteiger partial charge in [-0.05, 0) is 17.7 Å². The van der Waals surface area contributed by atoms with Crippen molar-refractivity contribution in [2.75, 3.05) is 11.9 Å². The molecule has 4 N–H and O–H groups in total. The zero-order valence-electron chi connectivity index (χ0n) is 13.1. The largest absolute Gasteiger partial charge is 0.394 e. The third-order valence-corrected chi connectivity index (χ3v) is 4.20. The number of H-pyrrole nitrogens is 1. The van der Waals surface area contributed by atoms with Crippen LogP contribution in [0.2, 0.25) is 0 Å². The van der Waals surface area contributed by atoms with Crippen LogP contribution in [-0.4, -0.2) is 39.5 Å². The summed E-state index contributed by atoms with van der Waals surface area (Å²) in [4.78, 5) is 31.1. The van der Waals surface area contributed by atoms with Gasteiger partial charge >= 0.3 is 0 Å². The number of carbonyl (C=O) groups excluding carboxylic acids is 2. The number of fused-ring (bicyclic) bond motifs is 1. The Bertz CT molecular complexity index is 902. The zero-order valence-corrected chi connectivity index (χ0v) is 13.9. The van der Waals surface area contributed by atoms with Gasteiger partial charge in [-0.15, -0.1) is 11.3 Å². The van der Waals surface area contributed by atoms with E-state index in [1.165, 1.54) is 17.4 Å². The van der Waals surface area contributed by atoms with Gasteiger partial charge in [-0.25, -0.2) is 4.98 Å². The van der Waals surface area contributed by atoms with Crippen molar-refractivity contribution in [3.05, 3.63) is 53.7 Å². The Hall–Kier alpha value is -2.97. The van der Waals surface area contributed by atoms with Crippen molar-refractivity contribution in [2.45, 2.75) is 6.04 Å². The molecule has 1 unspecified atom stereocenters. The number of amides is 2. The van der Waals surface area contributed by atoms with Gasteiger partial charge in [0.05, 0.1) is 6.61 Å². The highest BCUT2D eigenvalue weighted by molar-refractivity contribution is 7.13. The van der Waals surface area contributed by atoms with Crippen LogP contribution in [-0.2, 0) is 9.59 Å². The predicted octanol–water partition coefficient (Wildman–Crippen LogP) is 1.75. The van der Waals surface area contributed by atoms with Gasteiger partial charge in [0.15, 0.2) is 5.13 Å². The Labute approximate surface area is 147 Å². The van der Waals surface area contributed by atoms with Gasteiger partial charge in [0.1, 0.15) is 6.04 Å². The van der Waals surface area contributed by atoms with E-state index in [9.17, 15) is 14.7 Å². The summed E-state index contributed by atoms with van der Waals surface area (Å²) < 4.78 is 0. The van der Waals surface area contributed by atoms with Crippen LogP contribution in [0.5, 0.6) is 0 Å². The second kappa shape index (κ2) is 7.73. The maximum absolute atomic E-state index is 12.0. The highest BCUT2D eigenvalue weighted by Crippen LogP contribution is 2.18. The molecule has 0 bridgehead atoms. The third kappa shape index (κ3) is 4.11. The van der Waals surface area contributed by atoms with Crippen LogP contribution < -0.4 is 10.6 Å². The first-order chi connectivity index (χ1) is 12.2. The van der Waals surface area contributed by atoms with Crippen LogP contribution in [0.3, 0.4) is 0 Å². The van der Waals surface area contributed by atoms with E-state index >= 15 is 0 Å². The number of anilines is 1. The molecule has 3 aromatic rings. The van der Waals surface area contributed by atoms with Gasteiger partial charge in [-0.3, -0.25) is 9.59 Å². The molecule has 8 heteroatoms. The summed E-state index contributed by atoms with van der Waals surface area (Å²) in [6, 6.07) is 6.67. The van der Waals surface area contributed by atoms with E-state index in [4.69, 9.17) is 0 Å². The molecule has 0 spiro atoms. The van der Waals surface area contributed by atoms with E-state index in [1.54, 1.807) is 23.8 Å². The molecule has 2 aromatic heterocycles. The number of aromatic amines is 1. The predicted molar refractivity (Wildman–Crippen MR) is 97.1 cm³/mol. The first-order valence-electron chi connectivity index (χ1n) is 7.53. The highest BCUT2D eigenvalue weighted by atomic mass is 32.1. The first kappa shape index (κ1) is 16.9. The summed E-state index contributed by atoms with van der Waals surface area (Å²) in [5.74, 6) is -0.995. The minimum atomic E-state index is -1.05. The third-order valence-electron chi connectivity index (χ3n) is 3.51. The van der Waals surface area contributed by atoms with Crippen LogP contribution in [0.25, 0.3) is 17.0 Å². The molecule has 0 fully saturated rings. The van der Waals surface area contributed by atoms with Gasteiger partial charge in [-0.1, -0.05) is 18.2 Å². The number of carbonyl (C=O) groups is 2. The topological polar surface area (TPSA) is 107 Å². The molecule has 1 aromatic carbocycles. The lowest BCUT2D eigenvalue weighted by molar-refractivity contribution is -0.124. The van der Waals surface area contributed by atoms with Gasteiger partial charge in [-0.2, -0.15) is 0 Å². The van der Waals surface area contributed by atoms with Crippen molar-refractivity contribution < 1.29 is 14.7 Å². The summed E-state index contributed by atoms with van der Waals surface area (Å²) in [5, 5.41) is 17.5. The van der Waals surface area contributed by atoms with Crippen molar-refractivity contribution in [1.29, 1.82) is 0 Å². The van der Waals surface area contributed by atoms with Crippen molar-refractivity contribution in [3.63, 3.8) is 0 Å². The number of hydrogen-bond donors (Lipinski definition) is 4. The van der Waals surface area contributed by atoms with Crippen LogP contribution in [0, 0.1) is 0 Å².